The fourth-order valence-electron chi connectivity index (χ4n) is 1.68. The van der Waals surface area contributed by atoms with Gasteiger partial charge in [0.05, 0.1) is 19.0 Å². The first-order valence-electron chi connectivity index (χ1n) is 5.84. The molecule has 10 nitrogen and oxygen atoms in total. The Morgan fingerprint density at radius 2 is 2.10 bits per heavy atom. The lowest BCUT2D eigenvalue weighted by molar-refractivity contribution is -0.498. The fraction of sp³-hybridized carbons (Fsp3) is 0.500. The van der Waals surface area contributed by atoms with Crippen molar-refractivity contribution in [2.24, 2.45) is 0 Å². The summed E-state index contributed by atoms with van der Waals surface area (Å²) in [6, 6.07) is 0. The molecule has 0 saturated carbocycles. The Kier molecular flexibility index (Phi) is 4.88. The molecule has 0 aliphatic carbocycles. The van der Waals surface area contributed by atoms with Crippen LogP contribution in [0.2, 0.25) is 5.15 Å². The lowest BCUT2D eigenvalue weighted by atomic mass is 10.1. The van der Waals surface area contributed by atoms with E-state index in [9.17, 15) is 5.11 Å². The first-order valence-corrected chi connectivity index (χ1v) is 6.22. The highest BCUT2D eigenvalue weighted by atomic mass is 35.5. The summed E-state index contributed by atoms with van der Waals surface area (Å²) in [5, 5.41) is 36.9. The largest absolute Gasteiger partial charge is 0.829 e. The van der Waals surface area contributed by atoms with Gasteiger partial charge in [-0.25, -0.2) is 4.98 Å². The molecule has 0 spiro atoms. The Labute approximate surface area is 123 Å². The molecule has 21 heavy (non-hydrogen) atoms. The van der Waals surface area contributed by atoms with Crippen LogP contribution in [-0.2, 0) is 4.74 Å². The zero-order valence-corrected chi connectivity index (χ0v) is 11.3. The van der Waals surface area contributed by atoms with Crippen LogP contribution in [0.3, 0.4) is 0 Å². The van der Waals surface area contributed by atoms with Gasteiger partial charge in [0.25, 0.3) is 0 Å². The van der Waals surface area contributed by atoms with Crippen molar-refractivity contribution in [3.05, 3.63) is 11.5 Å². The number of nitrogens with two attached hydrogens (primary N) is 1. The molecule has 0 amide bonds. The van der Waals surface area contributed by atoms with Gasteiger partial charge < -0.3 is 35.9 Å². The summed E-state index contributed by atoms with van der Waals surface area (Å²) in [6.45, 7) is -0.447. The summed E-state index contributed by atoms with van der Waals surface area (Å²) in [7, 11) is 0. The van der Waals surface area contributed by atoms with E-state index in [0.717, 1.165) is 0 Å². The molecule has 6 N–H and O–H groups in total. The summed E-state index contributed by atoms with van der Waals surface area (Å²) in [6.07, 6.45) is -3.75. The van der Waals surface area contributed by atoms with Crippen molar-refractivity contribution in [2.75, 3.05) is 12.3 Å². The van der Waals surface area contributed by atoms with Gasteiger partial charge in [-0.1, -0.05) is 11.6 Å². The summed E-state index contributed by atoms with van der Waals surface area (Å²) in [5.74, 6) is 0.134. The van der Waals surface area contributed by atoms with Crippen LogP contribution in [0.5, 0.6) is 0 Å². The molecule has 1 unspecified atom stereocenters. The Hall–Kier alpha value is -1.56. The summed E-state index contributed by atoms with van der Waals surface area (Å²) < 4.78 is 4.43. The van der Waals surface area contributed by atoms with Crippen LogP contribution >= 0.6 is 11.6 Å². The molecule has 1 aliphatic rings. The standard InChI is InChI=1S/C5H4ClN5.C5H9O5/c6-3-2-4(9-1-8-2)11-5(7)10-3;6-1-2-3(7)4(8)5(9)10-2/h1H,(H3,7,8,9,10,11);2-8H,1H2/q;-1/t;2-,3-,4-,5?/m.1/s1. The van der Waals surface area contributed by atoms with Gasteiger partial charge >= 0.3 is 0 Å². The number of imidazole rings is 1. The number of halogens is 1. The topological polar surface area (TPSA) is 173 Å². The monoisotopic (exact) mass is 318 g/mol. The van der Waals surface area contributed by atoms with Crippen molar-refractivity contribution in [1.82, 2.24) is 19.9 Å². The zero-order valence-electron chi connectivity index (χ0n) is 10.5. The third kappa shape index (κ3) is 3.37. The number of H-pyrrole nitrogens is 1. The van der Waals surface area contributed by atoms with E-state index in [1.165, 1.54) is 6.33 Å². The van der Waals surface area contributed by atoms with Crippen molar-refractivity contribution in [3.8, 4) is 0 Å². The number of nitrogens with one attached hydrogen (secondary N) is 1. The van der Waals surface area contributed by atoms with Crippen LogP contribution in [0, 0.1) is 0 Å². The highest BCUT2D eigenvalue weighted by Crippen LogP contribution is 2.17. The third-order valence-corrected chi connectivity index (χ3v) is 3.03. The van der Waals surface area contributed by atoms with Crippen LogP contribution in [-0.4, -0.2) is 66.5 Å². The van der Waals surface area contributed by atoms with Gasteiger partial charge in [0.15, 0.2) is 10.8 Å². The van der Waals surface area contributed by atoms with Gasteiger partial charge in [0.1, 0.15) is 17.7 Å². The number of hydrogen-bond donors (Lipinski definition) is 5. The van der Waals surface area contributed by atoms with Gasteiger partial charge in [-0.05, 0) is 0 Å². The van der Waals surface area contributed by atoms with Crippen molar-refractivity contribution < 1.29 is 25.2 Å². The van der Waals surface area contributed by atoms with Crippen molar-refractivity contribution >= 4 is 28.7 Å². The normalized spacial score (nSPS) is 28.4. The quantitative estimate of drug-likeness (QED) is 0.352. The maximum absolute atomic E-state index is 10.5. The molecule has 1 fully saturated rings. The van der Waals surface area contributed by atoms with Gasteiger partial charge in [-0.2, -0.15) is 9.97 Å². The second kappa shape index (κ2) is 6.47. The Morgan fingerprint density at radius 3 is 2.62 bits per heavy atom. The van der Waals surface area contributed by atoms with E-state index >= 15 is 0 Å². The second-order valence-corrected chi connectivity index (χ2v) is 4.54. The van der Waals surface area contributed by atoms with Gasteiger partial charge in [0.2, 0.25) is 5.95 Å². The molecular formula is C10H13ClN5O5-. The molecule has 4 atom stereocenters. The lowest BCUT2D eigenvalue weighted by Crippen LogP contribution is -2.39. The second-order valence-electron chi connectivity index (χ2n) is 4.18. The van der Waals surface area contributed by atoms with E-state index in [0.29, 0.717) is 16.3 Å². The molecule has 0 aromatic carbocycles. The molecule has 2 aromatic heterocycles. The van der Waals surface area contributed by atoms with Crippen LogP contribution in [0.25, 0.3) is 11.2 Å². The van der Waals surface area contributed by atoms with Crippen molar-refractivity contribution in [1.29, 1.82) is 0 Å². The number of aromatic amines is 1. The fourth-order valence-corrected chi connectivity index (χ4v) is 1.90. The maximum atomic E-state index is 10.5. The van der Waals surface area contributed by atoms with Gasteiger partial charge in [-0.3, -0.25) is 0 Å². The van der Waals surface area contributed by atoms with E-state index in [4.69, 9.17) is 32.7 Å². The van der Waals surface area contributed by atoms with E-state index in [2.05, 4.69) is 24.7 Å². The van der Waals surface area contributed by atoms with E-state index < -0.39 is 31.2 Å². The minimum atomic E-state index is -1.63. The summed E-state index contributed by atoms with van der Waals surface area (Å²) >= 11 is 5.70. The smallest absolute Gasteiger partial charge is 0.223 e. The van der Waals surface area contributed by atoms with Crippen molar-refractivity contribution in [3.63, 3.8) is 0 Å². The molecule has 1 aliphatic heterocycles. The predicted molar refractivity (Wildman–Crippen MR) is 68.9 cm³/mol. The molecule has 116 valence electrons. The van der Waals surface area contributed by atoms with Crippen LogP contribution in [0.15, 0.2) is 6.33 Å². The number of anilines is 1. The minimum Gasteiger partial charge on any atom is -0.829 e. The van der Waals surface area contributed by atoms with Crippen molar-refractivity contribution in [2.45, 2.75) is 24.6 Å². The van der Waals surface area contributed by atoms with Gasteiger partial charge in [0, 0.05) is 6.29 Å². The highest BCUT2D eigenvalue weighted by molar-refractivity contribution is 6.33. The van der Waals surface area contributed by atoms with E-state index in [-0.39, 0.29) is 5.95 Å². The number of ether oxygens (including phenoxy) is 1. The zero-order chi connectivity index (χ0) is 15.6. The molecule has 0 radical (unpaired) electrons. The summed E-state index contributed by atoms with van der Waals surface area (Å²) in [5.41, 5.74) is 6.42. The SMILES string of the molecule is Nc1nc(Cl)c2[nH]cnc2n1.[O-]C1O[C@H](CO)[C@@H](O)[C@H]1O. The number of aromatic nitrogens is 4. The first-order chi connectivity index (χ1) is 9.93. The van der Waals surface area contributed by atoms with Crippen LogP contribution in [0.4, 0.5) is 5.95 Å². The van der Waals surface area contributed by atoms with Gasteiger partial charge in [-0.15, -0.1) is 0 Å². The van der Waals surface area contributed by atoms with E-state index in [1.807, 2.05) is 0 Å². The number of fused-ring (bicyclic) bond motifs is 1. The average molecular weight is 319 g/mol. The minimum absolute atomic E-state index is 0.134. The Morgan fingerprint density at radius 1 is 1.38 bits per heavy atom. The van der Waals surface area contributed by atoms with Crippen LogP contribution < -0.4 is 10.8 Å². The van der Waals surface area contributed by atoms with E-state index in [1.54, 1.807) is 0 Å². The number of rotatable bonds is 1. The number of nitrogens with zero attached hydrogens (tertiary/aromatic N) is 3. The summed E-state index contributed by atoms with van der Waals surface area (Å²) in [4.78, 5) is 14.2. The predicted octanol–water partition coefficient (Wildman–Crippen LogP) is -2.63. The Bertz CT molecular complexity index is 611. The van der Waals surface area contributed by atoms with Crippen LogP contribution in [0.1, 0.15) is 0 Å². The maximum Gasteiger partial charge on any atom is 0.223 e. The Balaban J connectivity index is 0.000000155. The number of hydrogen-bond acceptors (Lipinski definition) is 9. The molecular weight excluding hydrogens is 306 g/mol. The number of aliphatic hydroxyl groups is 3. The number of aliphatic hydroxyl groups excluding tert-OH is 3. The highest BCUT2D eigenvalue weighted by Gasteiger charge is 2.36. The molecule has 3 heterocycles. The molecule has 2 aromatic rings. The molecule has 3 rings (SSSR count). The number of nitrogen functional groups attached to an aromatic ring is 1. The molecule has 11 heteroatoms. The molecule has 0 bridgehead atoms. The third-order valence-electron chi connectivity index (χ3n) is 2.76. The first kappa shape index (κ1) is 15.8. The average Bonchev–Trinajstić information content (AvgIpc) is 3.00. The molecule has 1 saturated heterocycles. The lowest BCUT2D eigenvalue weighted by Gasteiger charge is -2.18.